The Balaban J connectivity index is -0.000000791. The molecule has 4 aromatic rings. The van der Waals surface area contributed by atoms with Crippen LogP contribution in [0.2, 0.25) is 0 Å². The van der Waals surface area contributed by atoms with Crippen molar-refractivity contribution in [1.82, 2.24) is 0 Å². The van der Waals surface area contributed by atoms with Gasteiger partial charge in [-0.25, -0.2) is 24.3 Å². The fourth-order valence-electron chi connectivity index (χ4n) is 5.79. The van der Waals surface area contributed by atoms with Gasteiger partial charge in [0.1, 0.15) is 0 Å². The third kappa shape index (κ3) is 11.4. The van der Waals surface area contributed by atoms with Crippen molar-refractivity contribution in [2.24, 2.45) is 0 Å². The summed E-state index contributed by atoms with van der Waals surface area (Å²) in [5.41, 5.74) is 11.4. The van der Waals surface area contributed by atoms with Gasteiger partial charge in [0.05, 0.1) is 0 Å². The topological polar surface area (TPSA) is 0 Å². The molecule has 8 rings (SSSR count). The smallest absolute Gasteiger partial charge is 0.0619 e. The van der Waals surface area contributed by atoms with Gasteiger partial charge in [0.25, 0.3) is 0 Å². The van der Waals surface area contributed by atoms with Crippen molar-refractivity contribution in [3.63, 3.8) is 0 Å². The van der Waals surface area contributed by atoms with Gasteiger partial charge in [0.15, 0.2) is 0 Å². The van der Waals surface area contributed by atoms with Crippen LogP contribution in [0.25, 0.3) is 22.3 Å². The number of hydrogen-bond donors (Lipinski definition) is 0. The molecule has 0 atom stereocenters. The second-order valence-electron chi connectivity index (χ2n) is 9.38. The first kappa shape index (κ1) is 49.2. The van der Waals surface area contributed by atoms with E-state index in [2.05, 4.69) is 121 Å². The molecule has 4 aliphatic rings. The fraction of sp³-hybridized carbons (Fsp3) is 0.100. The molecule has 0 nitrogen and oxygen atoms in total. The SMILES string of the molecule is [C-]1=CC=CC1.[C-]1=CC=CC1.[CH3-].[CH3-].[CH3-].[CH3-].[Cl-].[Cl-].[Cl][Zr][Cl].[Zr+2].c1ccc2c(c1)-c1ccccc1C2C1c2ccccc2-c2ccccc21. The van der Waals surface area contributed by atoms with E-state index in [1.807, 2.05) is 24.3 Å². The van der Waals surface area contributed by atoms with E-state index in [-0.39, 0.29) is 80.7 Å². The molecule has 6 heteroatoms. The monoisotopic (exact) mass is 840 g/mol. The summed E-state index contributed by atoms with van der Waals surface area (Å²) in [6.07, 6.45) is 20.0. The largest absolute Gasteiger partial charge is 2.00 e. The predicted octanol–water partition coefficient (Wildman–Crippen LogP) is 6.41. The molecule has 0 spiro atoms. The Bertz CT molecular complexity index is 1320. The van der Waals surface area contributed by atoms with E-state index >= 15 is 0 Å². The van der Waals surface area contributed by atoms with E-state index in [9.17, 15) is 0 Å². The Kier molecular flexibility index (Phi) is 27.5. The Morgan fingerprint density at radius 2 is 0.717 bits per heavy atom. The van der Waals surface area contributed by atoms with Crippen LogP contribution >= 0.6 is 17.0 Å². The van der Waals surface area contributed by atoms with Crippen LogP contribution in [0.4, 0.5) is 0 Å². The summed E-state index contributed by atoms with van der Waals surface area (Å²) >= 11 is -0.826. The van der Waals surface area contributed by atoms with Crippen LogP contribution in [0.15, 0.2) is 134 Å². The molecule has 242 valence electrons. The van der Waals surface area contributed by atoms with Crippen molar-refractivity contribution in [1.29, 1.82) is 0 Å². The maximum absolute atomic E-state index is 4.93. The van der Waals surface area contributed by atoms with Gasteiger partial charge in [-0.1, -0.05) is 97.1 Å². The molecular weight excluding hydrogens is 805 g/mol. The second kappa shape index (κ2) is 25.7. The summed E-state index contributed by atoms with van der Waals surface area (Å²) in [5.74, 6) is 0.763. The molecule has 0 heterocycles. The summed E-state index contributed by atoms with van der Waals surface area (Å²) in [5, 5.41) is 0. The van der Waals surface area contributed by atoms with Crippen LogP contribution in [-0.2, 0) is 47.1 Å². The first-order chi connectivity index (χ1) is 19.3. The molecule has 0 N–H and O–H groups in total. The number of allylic oxidation sites excluding steroid dienone is 8. The minimum absolute atomic E-state index is 0. The summed E-state index contributed by atoms with van der Waals surface area (Å²) < 4.78 is 0. The van der Waals surface area contributed by atoms with Gasteiger partial charge >= 0.3 is 64.1 Å². The Labute approximate surface area is 330 Å². The van der Waals surface area contributed by atoms with Crippen molar-refractivity contribution in [2.75, 3.05) is 0 Å². The van der Waals surface area contributed by atoms with E-state index in [1.165, 1.54) is 44.5 Å². The van der Waals surface area contributed by atoms with E-state index in [1.54, 1.807) is 0 Å². The standard InChI is InChI=1S/C26H18.2C5H5.4CH3.4ClH.2Zr/c1-5-13-21-17(9-1)18-10-2-6-14-22(18)25(21)26-23-15-7-3-11-19(23)20-12-4-8-16-24(20)26;2*1-2-4-5-3-1;;;;;;;;;;/h1-16,25-26H;2*1-3H,4H2;4*1H3;4*1H;;/q;6*-1;;;;;2*+2/p-4. The Hall–Kier alpha value is -1.23. The quantitative estimate of drug-likeness (QED) is 0.195. The van der Waals surface area contributed by atoms with Crippen LogP contribution in [0.5, 0.6) is 0 Å². The second-order valence-corrected chi connectivity index (χ2v) is 13.1. The summed E-state index contributed by atoms with van der Waals surface area (Å²) in [7, 11) is 9.87. The number of rotatable bonds is 1. The molecule has 0 unspecified atom stereocenters. The van der Waals surface area contributed by atoms with Crippen molar-refractivity contribution in [3.05, 3.63) is 198 Å². The molecule has 4 aromatic carbocycles. The summed E-state index contributed by atoms with van der Waals surface area (Å²) in [6.45, 7) is 0. The zero-order valence-corrected chi connectivity index (χ0v) is 34.7. The van der Waals surface area contributed by atoms with Crippen molar-refractivity contribution < 1.29 is 71.9 Å². The number of fused-ring (bicyclic) bond motifs is 6. The van der Waals surface area contributed by atoms with E-state index in [0.29, 0.717) is 11.8 Å². The average molecular weight is 845 g/mol. The number of halogens is 4. The first-order valence-electron chi connectivity index (χ1n) is 13.1. The van der Waals surface area contributed by atoms with Gasteiger partial charge in [-0.05, 0) is 44.5 Å². The van der Waals surface area contributed by atoms with Crippen molar-refractivity contribution in [3.8, 4) is 22.3 Å². The van der Waals surface area contributed by atoms with E-state index in [4.69, 9.17) is 17.0 Å². The molecule has 0 saturated heterocycles. The van der Waals surface area contributed by atoms with Crippen LogP contribution in [0, 0.1) is 41.9 Å². The summed E-state index contributed by atoms with van der Waals surface area (Å²) in [4.78, 5) is 0. The van der Waals surface area contributed by atoms with Crippen LogP contribution in [0.3, 0.4) is 0 Å². The van der Waals surface area contributed by atoms with Gasteiger partial charge in [0, 0.05) is 11.8 Å². The molecular formula is C40H40Cl4Zr2-6. The minimum atomic E-state index is -0.826. The molecule has 46 heavy (non-hydrogen) atoms. The molecule has 0 aromatic heterocycles. The van der Waals surface area contributed by atoms with Crippen LogP contribution in [-0.4, -0.2) is 0 Å². The van der Waals surface area contributed by atoms with Crippen LogP contribution in [0.1, 0.15) is 46.9 Å². The molecule has 4 aliphatic carbocycles. The van der Waals surface area contributed by atoms with Crippen molar-refractivity contribution >= 4 is 17.0 Å². The predicted molar refractivity (Wildman–Crippen MR) is 188 cm³/mol. The van der Waals surface area contributed by atoms with E-state index in [0.717, 1.165) is 12.8 Å². The zero-order chi connectivity index (χ0) is 26.9. The molecule has 0 amide bonds. The zero-order valence-electron chi connectivity index (χ0n) is 26.8. The Morgan fingerprint density at radius 1 is 0.478 bits per heavy atom. The maximum atomic E-state index is 4.93. The van der Waals surface area contributed by atoms with E-state index < -0.39 is 20.8 Å². The Morgan fingerprint density at radius 3 is 0.891 bits per heavy atom. The third-order valence-electron chi connectivity index (χ3n) is 7.27. The summed E-state index contributed by atoms with van der Waals surface area (Å²) in [6, 6.07) is 35.8. The first-order valence-corrected chi connectivity index (χ1v) is 19.4. The normalized spacial score (nSPS) is 12.4. The van der Waals surface area contributed by atoms with Gasteiger partial charge in [-0.3, -0.25) is 12.2 Å². The molecule has 0 fully saturated rings. The van der Waals surface area contributed by atoms with Crippen LogP contribution < -0.4 is 24.8 Å². The molecule has 0 saturated carbocycles. The minimum Gasteiger partial charge on any atom is -0.0619 e. The van der Waals surface area contributed by atoms with Gasteiger partial charge < -0.3 is 54.5 Å². The third-order valence-corrected chi connectivity index (χ3v) is 7.27. The fourth-order valence-corrected chi connectivity index (χ4v) is 5.79. The number of benzene rings is 4. The van der Waals surface area contributed by atoms with Gasteiger partial charge in [-0.2, -0.15) is 12.2 Å². The van der Waals surface area contributed by atoms with Gasteiger partial charge in [0.2, 0.25) is 0 Å². The van der Waals surface area contributed by atoms with Crippen molar-refractivity contribution in [2.45, 2.75) is 24.7 Å². The molecule has 0 radical (unpaired) electrons. The van der Waals surface area contributed by atoms with Gasteiger partial charge in [-0.15, -0.1) is 12.8 Å². The molecule has 0 bridgehead atoms. The average Bonchev–Trinajstić information content (AvgIpc) is 3.81. The molecule has 0 aliphatic heterocycles. The number of hydrogen-bond acceptors (Lipinski definition) is 0. The maximum Gasteiger partial charge on any atom is 2.00 e.